The van der Waals surface area contributed by atoms with Crippen LogP contribution in [0.1, 0.15) is 104 Å². The molecule has 1 unspecified atom stereocenters. The van der Waals surface area contributed by atoms with Crippen molar-refractivity contribution in [2.75, 3.05) is 0 Å². The quantitative estimate of drug-likeness (QED) is 0.130. The summed E-state index contributed by atoms with van der Waals surface area (Å²) in [6.07, 6.45) is 13.8. The fourth-order valence-corrected chi connectivity index (χ4v) is 7.10. The molecule has 1 atom stereocenters. The monoisotopic (exact) mass is 565 g/mol. The van der Waals surface area contributed by atoms with Gasteiger partial charge in [-0.3, -0.25) is 4.79 Å². The van der Waals surface area contributed by atoms with Crippen molar-refractivity contribution in [1.82, 2.24) is 4.57 Å². The Morgan fingerprint density at radius 3 is 2.29 bits per heavy atom. The minimum Gasteiger partial charge on any atom is -0.481 e. The molecule has 1 aromatic heterocycles. The second-order valence-electron chi connectivity index (χ2n) is 11.6. The van der Waals surface area contributed by atoms with E-state index in [4.69, 9.17) is 12.2 Å². The molecular weight excluding hydrogens is 522 g/mol. The molecule has 0 bridgehead atoms. The largest absolute Gasteiger partial charge is 0.481 e. The molecule has 0 spiro atoms. The van der Waals surface area contributed by atoms with Gasteiger partial charge in [0.2, 0.25) is 0 Å². The number of nitrogens with zero attached hydrogens (tertiary/aromatic N) is 1. The standard InChI is InChI=1S/C37H43NO2S/c1-2-3-4-10-19-28-20-12-13-23-30(28)36(41)38-32-25-14-22-29(21-11-6-9-18-27-16-7-5-8-17-27)34(32)35-31(37(39)40)24-15-26-33(35)38/h5,7-8,12-14,16-17,20,22-23,25,31H,2-4,6,9-11,15,18-19,21,24,26H2,1H3,(H,39,40). The van der Waals surface area contributed by atoms with Crippen molar-refractivity contribution in [3.05, 3.63) is 106 Å². The lowest BCUT2D eigenvalue weighted by Crippen LogP contribution is -2.22. The molecule has 0 saturated carbocycles. The third-order valence-electron chi connectivity index (χ3n) is 8.78. The molecule has 0 saturated heterocycles. The molecule has 0 amide bonds. The smallest absolute Gasteiger partial charge is 0.311 e. The van der Waals surface area contributed by atoms with Crippen molar-refractivity contribution < 1.29 is 9.90 Å². The van der Waals surface area contributed by atoms with Crippen molar-refractivity contribution in [2.45, 2.75) is 96.3 Å². The molecule has 41 heavy (non-hydrogen) atoms. The number of benzene rings is 3. The molecule has 3 aromatic carbocycles. The normalized spacial score (nSPS) is 14.7. The molecule has 1 heterocycles. The Morgan fingerprint density at radius 1 is 0.829 bits per heavy atom. The predicted molar refractivity (Wildman–Crippen MR) is 174 cm³/mol. The molecule has 3 nitrogen and oxygen atoms in total. The van der Waals surface area contributed by atoms with Crippen molar-refractivity contribution in [2.24, 2.45) is 0 Å². The van der Waals surface area contributed by atoms with Gasteiger partial charge < -0.3 is 9.67 Å². The first kappa shape index (κ1) is 29.3. The van der Waals surface area contributed by atoms with Gasteiger partial charge in [0.15, 0.2) is 0 Å². The van der Waals surface area contributed by atoms with E-state index in [1.165, 1.54) is 36.0 Å². The first-order valence-corrected chi connectivity index (χ1v) is 16.0. The fraction of sp³-hybridized carbons (Fsp3) is 0.405. The molecular formula is C37H43NO2S. The Bertz CT molecular complexity index is 1490. The highest BCUT2D eigenvalue weighted by atomic mass is 32.1. The minimum atomic E-state index is -0.718. The Labute approximate surface area is 250 Å². The van der Waals surface area contributed by atoms with Crippen LogP contribution in [0.25, 0.3) is 10.9 Å². The number of aryl methyl sites for hydroxylation is 3. The van der Waals surface area contributed by atoms with E-state index in [1.54, 1.807) is 0 Å². The summed E-state index contributed by atoms with van der Waals surface area (Å²) in [4.78, 5) is 13.4. The van der Waals surface area contributed by atoms with Gasteiger partial charge in [-0.15, -0.1) is 0 Å². The number of rotatable bonds is 13. The second kappa shape index (κ2) is 14.1. The van der Waals surface area contributed by atoms with E-state index in [1.807, 2.05) is 0 Å². The summed E-state index contributed by atoms with van der Waals surface area (Å²) in [6, 6.07) is 25.8. The number of aliphatic carboxylic acids is 1. The van der Waals surface area contributed by atoms with Crippen LogP contribution in [0, 0.1) is 0 Å². The lowest BCUT2D eigenvalue weighted by Gasteiger charge is -2.22. The molecule has 1 N–H and O–H groups in total. The number of carboxylic acid groups (broad SMARTS) is 1. The summed E-state index contributed by atoms with van der Waals surface area (Å²) in [5.41, 5.74) is 8.27. The first-order chi connectivity index (χ1) is 20.1. The summed E-state index contributed by atoms with van der Waals surface area (Å²) >= 11 is 6.27. The summed E-state index contributed by atoms with van der Waals surface area (Å²) in [5, 5.41) is 11.4. The number of carboxylic acids is 1. The Kier molecular flexibility index (Phi) is 10.1. The molecule has 0 radical (unpaired) electrons. The second-order valence-corrected chi connectivity index (χ2v) is 12.0. The minimum absolute atomic E-state index is 0.478. The van der Waals surface area contributed by atoms with Gasteiger partial charge in [-0.25, -0.2) is 0 Å². The Hall–Kier alpha value is -3.24. The fourth-order valence-electron chi connectivity index (χ4n) is 6.70. The number of hydrogen-bond acceptors (Lipinski definition) is 2. The third kappa shape index (κ3) is 6.64. The molecule has 1 aliphatic carbocycles. The number of hydrogen-bond donors (Lipinski definition) is 1. The van der Waals surface area contributed by atoms with Crippen molar-refractivity contribution in [3.8, 4) is 0 Å². The average Bonchev–Trinajstić information content (AvgIpc) is 3.34. The number of carbonyl (C=O) groups is 1. The zero-order chi connectivity index (χ0) is 28.6. The molecule has 4 heteroatoms. The van der Waals surface area contributed by atoms with Crippen LogP contribution in [0.4, 0.5) is 0 Å². The van der Waals surface area contributed by atoms with Gasteiger partial charge in [0, 0.05) is 16.6 Å². The summed E-state index contributed by atoms with van der Waals surface area (Å²) in [6.45, 7) is 2.24. The van der Waals surface area contributed by atoms with E-state index >= 15 is 0 Å². The molecule has 5 rings (SSSR count). The van der Waals surface area contributed by atoms with Crippen LogP contribution in [-0.2, 0) is 30.5 Å². The van der Waals surface area contributed by atoms with Gasteiger partial charge in [-0.2, -0.15) is 0 Å². The highest BCUT2D eigenvalue weighted by Gasteiger charge is 2.34. The molecule has 1 aliphatic rings. The first-order valence-electron chi connectivity index (χ1n) is 15.6. The Balaban J connectivity index is 1.47. The molecule has 0 fully saturated rings. The molecule has 4 aromatic rings. The lowest BCUT2D eigenvalue weighted by atomic mass is 9.83. The highest BCUT2D eigenvalue weighted by molar-refractivity contribution is 7.80. The maximum Gasteiger partial charge on any atom is 0.311 e. The van der Waals surface area contributed by atoms with E-state index in [9.17, 15) is 9.90 Å². The van der Waals surface area contributed by atoms with Gasteiger partial charge >= 0.3 is 5.97 Å². The highest BCUT2D eigenvalue weighted by Crippen LogP contribution is 2.42. The lowest BCUT2D eigenvalue weighted by molar-refractivity contribution is -0.139. The van der Waals surface area contributed by atoms with Crippen LogP contribution in [0.15, 0.2) is 72.8 Å². The zero-order valence-electron chi connectivity index (χ0n) is 24.4. The van der Waals surface area contributed by atoms with Crippen LogP contribution in [0.5, 0.6) is 0 Å². The number of fused-ring (bicyclic) bond motifs is 3. The molecule has 214 valence electrons. The predicted octanol–water partition coefficient (Wildman–Crippen LogP) is 9.45. The van der Waals surface area contributed by atoms with E-state index in [2.05, 4.69) is 84.3 Å². The molecule has 0 aliphatic heterocycles. The van der Waals surface area contributed by atoms with Crippen LogP contribution in [0.3, 0.4) is 0 Å². The van der Waals surface area contributed by atoms with Crippen molar-refractivity contribution in [1.29, 1.82) is 0 Å². The summed E-state index contributed by atoms with van der Waals surface area (Å²) in [7, 11) is 0. The van der Waals surface area contributed by atoms with Crippen molar-refractivity contribution >= 4 is 34.1 Å². The SMILES string of the molecule is CCCCCCc1ccccc1C(=S)n1c2c(c3c(CCCCCc4ccccc4)cccc31)C(C(=O)O)CCC2. The van der Waals surface area contributed by atoms with E-state index in [-0.39, 0.29) is 0 Å². The maximum atomic E-state index is 12.5. The van der Waals surface area contributed by atoms with E-state index < -0.39 is 11.9 Å². The zero-order valence-corrected chi connectivity index (χ0v) is 25.2. The number of unbranched alkanes of at least 4 members (excludes halogenated alkanes) is 5. The topological polar surface area (TPSA) is 42.2 Å². The number of aromatic nitrogens is 1. The van der Waals surface area contributed by atoms with E-state index in [0.29, 0.717) is 6.42 Å². The van der Waals surface area contributed by atoms with Crippen LogP contribution in [-0.4, -0.2) is 20.6 Å². The summed E-state index contributed by atoms with van der Waals surface area (Å²) < 4.78 is 2.25. The maximum absolute atomic E-state index is 12.5. The van der Waals surface area contributed by atoms with Gasteiger partial charge in [0.05, 0.1) is 11.4 Å². The van der Waals surface area contributed by atoms with Gasteiger partial charge in [0.1, 0.15) is 4.99 Å². The summed E-state index contributed by atoms with van der Waals surface area (Å²) in [5.74, 6) is -1.20. The van der Waals surface area contributed by atoms with Crippen LogP contribution >= 0.6 is 12.2 Å². The Morgan fingerprint density at radius 2 is 1.51 bits per heavy atom. The van der Waals surface area contributed by atoms with E-state index in [0.717, 1.165) is 90.5 Å². The number of thiocarbonyl (C=S) groups is 1. The van der Waals surface area contributed by atoms with Gasteiger partial charge in [0.25, 0.3) is 0 Å². The van der Waals surface area contributed by atoms with Crippen LogP contribution in [0.2, 0.25) is 0 Å². The van der Waals surface area contributed by atoms with Crippen LogP contribution < -0.4 is 0 Å². The van der Waals surface area contributed by atoms with Crippen molar-refractivity contribution in [3.63, 3.8) is 0 Å². The third-order valence-corrected chi connectivity index (χ3v) is 9.18. The van der Waals surface area contributed by atoms with Gasteiger partial charge in [-0.05, 0) is 86.1 Å². The average molecular weight is 566 g/mol. The van der Waals surface area contributed by atoms with Gasteiger partial charge in [-0.1, -0.05) is 112 Å².